The van der Waals surface area contributed by atoms with Crippen LogP contribution in [0.4, 0.5) is 0 Å². The van der Waals surface area contributed by atoms with Gasteiger partial charge in [0, 0.05) is 29.9 Å². The van der Waals surface area contributed by atoms with Gasteiger partial charge in [0.2, 0.25) is 0 Å². The second kappa shape index (κ2) is 8.82. The predicted octanol–water partition coefficient (Wildman–Crippen LogP) is -1.18. The highest BCUT2D eigenvalue weighted by molar-refractivity contribution is 5.06. The third-order valence-electron chi connectivity index (χ3n) is 5.45. The molecule has 5 atom stereocenters. The number of nitrogens with zero attached hydrogens (tertiary/aromatic N) is 2. The molecule has 4 rings (SSSR count). The topological polar surface area (TPSA) is 158 Å². The molecule has 32 heavy (non-hydrogen) atoms. The highest BCUT2D eigenvalue weighted by Gasteiger charge is 2.36. The lowest BCUT2D eigenvalue weighted by Crippen LogP contribution is -2.34. The molecular weight excluding hydrogens is 424 g/mol. The Balaban J connectivity index is 1.31. The maximum Gasteiger partial charge on any atom is 0.330 e. The van der Waals surface area contributed by atoms with Crippen LogP contribution in [0.25, 0.3) is 0 Å². The molecule has 0 amide bonds. The van der Waals surface area contributed by atoms with E-state index in [0.717, 1.165) is 0 Å². The van der Waals surface area contributed by atoms with Crippen LogP contribution in [0.15, 0.2) is 43.7 Å². The van der Waals surface area contributed by atoms with E-state index in [4.69, 9.17) is 14.2 Å². The number of hydrogen-bond donors (Lipinski definition) is 3. The molecule has 0 saturated carbocycles. The summed E-state index contributed by atoms with van der Waals surface area (Å²) in [5.41, 5.74) is -1.34. The van der Waals surface area contributed by atoms with E-state index in [1.54, 1.807) is 26.0 Å². The van der Waals surface area contributed by atoms with Crippen molar-refractivity contribution in [3.63, 3.8) is 0 Å². The van der Waals surface area contributed by atoms with Crippen LogP contribution in [-0.4, -0.2) is 55.7 Å². The minimum Gasteiger partial charge on any atom is -0.390 e. The smallest absolute Gasteiger partial charge is 0.330 e. The van der Waals surface area contributed by atoms with Gasteiger partial charge in [0.15, 0.2) is 6.23 Å². The van der Waals surface area contributed by atoms with Gasteiger partial charge in [-0.25, -0.2) is 9.59 Å². The van der Waals surface area contributed by atoms with E-state index in [9.17, 15) is 24.3 Å². The molecular formula is C20H24N4O8. The average Bonchev–Trinajstić information content (AvgIpc) is 3.34. The molecule has 1 saturated heterocycles. The molecule has 3 N–H and O–H groups in total. The molecule has 0 spiro atoms. The second-order valence-corrected chi connectivity index (χ2v) is 7.88. The SMILES string of the molecule is Cc1cn([C@H]2C=C[C@@H](COC[C@H]3O[C@@H](n4cc(C)c(=O)[nH]c4=O)C[C@H]3O)O2)c(=O)[nH]c1=O. The first-order valence-corrected chi connectivity index (χ1v) is 10.1. The fraction of sp³-hybridized carbons (Fsp3) is 0.500. The maximum atomic E-state index is 12.0. The predicted molar refractivity (Wildman–Crippen MR) is 111 cm³/mol. The summed E-state index contributed by atoms with van der Waals surface area (Å²) in [6.07, 6.45) is 3.11. The number of ether oxygens (including phenoxy) is 3. The molecule has 0 bridgehead atoms. The third-order valence-corrected chi connectivity index (χ3v) is 5.45. The first kappa shape index (κ1) is 22.1. The first-order valence-electron chi connectivity index (χ1n) is 10.1. The van der Waals surface area contributed by atoms with Gasteiger partial charge >= 0.3 is 11.4 Å². The largest absolute Gasteiger partial charge is 0.390 e. The minimum atomic E-state index is -0.852. The number of hydrogen-bond acceptors (Lipinski definition) is 8. The summed E-state index contributed by atoms with van der Waals surface area (Å²) in [5, 5.41) is 10.3. The lowest BCUT2D eigenvalue weighted by molar-refractivity contribution is -0.0843. The van der Waals surface area contributed by atoms with Crippen LogP contribution in [0.1, 0.15) is 30.0 Å². The van der Waals surface area contributed by atoms with Crippen molar-refractivity contribution in [1.29, 1.82) is 0 Å². The van der Waals surface area contributed by atoms with Crippen LogP contribution in [0.5, 0.6) is 0 Å². The summed E-state index contributed by atoms with van der Waals surface area (Å²) in [5.74, 6) is 0. The Bertz CT molecular complexity index is 1260. The summed E-state index contributed by atoms with van der Waals surface area (Å²) in [6.45, 7) is 3.38. The normalized spacial score (nSPS) is 27.3. The van der Waals surface area contributed by atoms with Crippen LogP contribution in [-0.2, 0) is 14.2 Å². The van der Waals surface area contributed by atoms with Gasteiger partial charge in [-0.2, -0.15) is 0 Å². The molecule has 12 nitrogen and oxygen atoms in total. The van der Waals surface area contributed by atoms with E-state index in [-0.39, 0.29) is 19.6 Å². The van der Waals surface area contributed by atoms with Gasteiger partial charge in [0.1, 0.15) is 18.4 Å². The van der Waals surface area contributed by atoms with Crippen molar-refractivity contribution in [1.82, 2.24) is 19.1 Å². The fourth-order valence-electron chi connectivity index (χ4n) is 3.65. The lowest BCUT2D eigenvalue weighted by Gasteiger charge is -2.19. The van der Waals surface area contributed by atoms with Crippen molar-refractivity contribution in [3.8, 4) is 0 Å². The van der Waals surface area contributed by atoms with Gasteiger partial charge in [-0.15, -0.1) is 0 Å². The Labute approximate surface area is 180 Å². The van der Waals surface area contributed by atoms with Gasteiger partial charge in [-0.3, -0.25) is 28.7 Å². The Kier molecular flexibility index (Phi) is 6.11. The Morgan fingerprint density at radius 3 is 2.28 bits per heavy atom. The quantitative estimate of drug-likeness (QED) is 0.466. The summed E-state index contributed by atoms with van der Waals surface area (Å²) in [7, 11) is 0. The summed E-state index contributed by atoms with van der Waals surface area (Å²) in [6, 6.07) is 0. The molecule has 0 radical (unpaired) electrons. The van der Waals surface area contributed by atoms with E-state index in [0.29, 0.717) is 11.1 Å². The zero-order valence-corrected chi connectivity index (χ0v) is 17.5. The zero-order valence-electron chi connectivity index (χ0n) is 17.5. The second-order valence-electron chi connectivity index (χ2n) is 7.88. The number of H-pyrrole nitrogens is 2. The number of aromatic amines is 2. The average molecular weight is 448 g/mol. The number of rotatable bonds is 6. The third kappa shape index (κ3) is 4.43. The molecule has 1 fully saturated rings. The zero-order chi connectivity index (χ0) is 23.0. The number of nitrogens with one attached hydrogen (secondary N) is 2. The molecule has 2 aliphatic rings. The van der Waals surface area contributed by atoms with Crippen molar-refractivity contribution < 1.29 is 19.3 Å². The van der Waals surface area contributed by atoms with Gasteiger partial charge in [0.25, 0.3) is 11.1 Å². The Hall–Kier alpha value is -3.06. The number of aliphatic hydroxyl groups is 1. The summed E-state index contributed by atoms with van der Waals surface area (Å²) < 4.78 is 19.7. The van der Waals surface area contributed by atoms with E-state index < -0.39 is 53.3 Å². The standard InChI is InChI=1S/C20H24N4O8/c1-10-6-23(19(28)21-17(10)26)15-4-3-12(31-15)8-30-9-14-13(25)5-16(32-14)24-7-11(2)18(27)22-20(24)29/h3-4,6-7,12-16,25H,5,8-9H2,1-2H3,(H,21,26,28)(H,22,27,29)/t12-,13+,14+,15+,16+/m0/s1. The number of aryl methyl sites for hydroxylation is 2. The molecule has 2 aromatic rings. The van der Waals surface area contributed by atoms with Crippen LogP contribution in [0.3, 0.4) is 0 Å². The van der Waals surface area contributed by atoms with Crippen molar-refractivity contribution in [2.45, 2.75) is 51.0 Å². The maximum absolute atomic E-state index is 12.0. The molecule has 12 heteroatoms. The van der Waals surface area contributed by atoms with Crippen LogP contribution >= 0.6 is 0 Å². The highest BCUT2D eigenvalue weighted by atomic mass is 16.6. The molecule has 2 aromatic heterocycles. The van der Waals surface area contributed by atoms with Crippen molar-refractivity contribution >= 4 is 0 Å². The highest BCUT2D eigenvalue weighted by Crippen LogP contribution is 2.28. The van der Waals surface area contributed by atoms with Crippen LogP contribution in [0, 0.1) is 13.8 Å². The summed E-state index contributed by atoms with van der Waals surface area (Å²) in [4.78, 5) is 51.5. The van der Waals surface area contributed by atoms with E-state index in [1.165, 1.54) is 21.5 Å². The minimum absolute atomic E-state index is 0.0603. The van der Waals surface area contributed by atoms with Gasteiger partial charge in [0.05, 0.1) is 19.3 Å². The molecule has 2 aliphatic heterocycles. The van der Waals surface area contributed by atoms with Gasteiger partial charge in [-0.1, -0.05) is 6.08 Å². The van der Waals surface area contributed by atoms with Crippen molar-refractivity contribution in [2.24, 2.45) is 0 Å². The Morgan fingerprint density at radius 2 is 1.59 bits per heavy atom. The van der Waals surface area contributed by atoms with Crippen molar-refractivity contribution in [2.75, 3.05) is 13.2 Å². The molecule has 172 valence electrons. The molecule has 0 aromatic carbocycles. The van der Waals surface area contributed by atoms with E-state index >= 15 is 0 Å². The Morgan fingerprint density at radius 1 is 0.969 bits per heavy atom. The molecule has 0 unspecified atom stereocenters. The number of aliphatic hydroxyl groups excluding tert-OH is 1. The lowest BCUT2D eigenvalue weighted by atomic mass is 10.2. The number of aromatic nitrogens is 4. The van der Waals surface area contributed by atoms with Crippen LogP contribution < -0.4 is 22.5 Å². The monoisotopic (exact) mass is 448 g/mol. The fourth-order valence-corrected chi connectivity index (χ4v) is 3.65. The summed E-state index contributed by atoms with van der Waals surface area (Å²) >= 11 is 0. The van der Waals surface area contributed by atoms with Gasteiger partial charge in [-0.05, 0) is 19.9 Å². The van der Waals surface area contributed by atoms with E-state index in [1.807, 2.05) is 0 Å². The van der Waals surface area contributed by atoms with Crippen molar-refractivity contribution in [3.05, 3.63) is 77.3 Å². The molecule has 0 aliphatic carbocycles. The van der Waals surface area contributed by atoms with Crippen LogP contribution in [0.2, 0.25) is 0 Å². The van der Waals surface area contributed by atoms with E-state index in [2.05, 4.69) is 9.97 Å². The van der Waals surface area contributed by atoms with Gasteiger partial charge < -0.3 is 19.3 Å². The molecule has 4 heterocycles. The first-order chi connectivity index (χ1) is 15.2.